The first-order valence-electron chi connectivity index (χ1n) is 5.25. The number of rotatable bonds is 2. The molecule has 0 spiro atoms. The van der Waals surface area contributed by atoms with Crippen molar-refractivity contribution < 1.29 is 14.6 Å². The van der Waals surface area contributed by atoms with Crippen LogP contribution in [0.3, 0.4) is 0 Å². The van der Waals surface area contributed by atoms with E-state index in [0.717, 1.165) is 25.7 Å². The number of ether oxygens (including phenoxy) is 1. The van der Waals surface area contributed by atoms with Crippen molar-refractivity contribution >= 4 is 5.97 Å². The van der Waals surface area contributed by atoms with Gasteiger partial charge in [0, 0.05) is 0 Å². The minimum Gasteiger partial charge on any atom is -0.469 e. The number of hydrogen-bond acceptors (Lipinski definition) is 3. The standard InChI is InChI=1S/C11H20O3/c1-11(2,13)9-6-4-5-8(7-9)10(12)14-3/h8-9,13H,4-7H2,1-3H3. The summed E-state index contributed by atoms with van der Waals surface area (Å²) in [5.74, 6) is 0.0875. The van der Waals surface area contributed by atoms with Crippen molar-refractivity contribution in [2.45, 2.75) is 45.1 Å². The van der Waals surface area contributed by atoms with Crippen LogP contribution in [0.5, 0.6) is 0 Å². The monoisotopic (exact) mass is 200 g/mol. The average Bonchev–Trinajstić information content (AvgIpc) is 2.15. The van der Waals surface area contributed by atoms with Crippen molar-refractivity contribution in [2.75, 3.05) is 7.11 Å². The second kappa shape index (κ2) is 4.30. The van der Waals surface area contributed by atoms with Crippen molar-refractivity contribution in [3.8, 4) is 0 Å². The molecule has 1 aliphatic carbocycles. The molecule has 1 N–H and O–H groups in total. The highest BCUT2D eigenvalue weighted by Crippen LogP contribution is 2.36. The number of carbonyl (C=O) groups excluding carboxylic acids is 1. The van der Waals surface area contributed by atoms with Crippen molar-refractivity contribution in [3.05, 3.63) is 0 Å². The van der Waals surface area contributed by atoms with Crippen molar-refractivity contribution in [3.63, 3.8) is 0 Å². The lowest BCUT2D eigenvalue weighted by atomic mass is 9.74. The van der Waals surface area contributed by atoms with Gasteiger partial charge in [0.1, 0.15) is 0 Å². The molecule has 82 valence electrons. The molecule has 1 fully saturated rings. The summed E-state index contributed by atoms with van der Waals surface area (Å²) in [4.78, 5) is 11.3. The molecule has 0 amide bonds. The van der Waals surface area contributed by atoms with Crippen LogP contribution in [-0.4, -0.2) is 23.8 Å². The van der Waals surface area contributed by atoms with Crippen LogP contribution in [-0.2, 0) is 9.53 Å². The molecule has 1 rings (SSSR count). The van der Waals surface area contributed by atoms with Gasteiger partial charge in [-0.25, -0.2) is 0 Å². The maximum Gasteiger partial charge on any atom is 0.308 e. The fraction of sp³-hybridized carbons (Fsp3) is 0.909. The van der Waals surface area contributed by atoms with Crippen molar-refractivity contribution in [1.82, 2.24) is 0 Å². The molecule has 3 heteroatoms. The predicted molar refractivity (Wildman–Crippen MR) is 53.8 cm³/mol. The molecule has 2 unspecified atom stereocenters. The van der Waals surface area contributed by atoms with Crippen LogP contribution in [0.1, 0.15) is 39.5 Å². The summed E-state index contributed by atoms with van der Waals surface area (Å²) in [5, 5.41) is 9.86. The molecule has 0 saturated heterocycles. The van der Waals surface area contributed by atoms with Gasteiger partial charge in [0.2, 0.25) is 0 Å². The van der Waals surface area contributed by atoms with Crippen LogP contribution in [0, 0.1) is 11.8 Å². The Bertz CT molecular complexity index is 205. The molecular weight excluding hydrogens is 180 g/mol. The zero-order chi connectivity index (χ0) is 10.8. The molecule has 0 radical (unpaired) electrons. The third-order valence-electron chi connectivity index (χ3n) is 3.21. The van der Waals surface area contributed by atoms with Gasteiger partial charge in [0.25, 0.3) is 0 Å². The third kappa shape index (κ3) is 2.71. The van der Waals surface area contributed by atoms with Gasteiger partial charge in [-0.05, 0) is 39.0 Å². The van der Waals surface area contributed by atoms with Gasteiger partial charge in [0.15, 0.2) is 0 Å². The first-order chi connectivity index (χ1) is 6.45. The predicted octanol–water partition coefficient (Wildman–Crippen LogP) is 1.74. The Morgan fingerprint density at radius 3 is 2.57 bits per heavy atom. The molecule has 1 saturated carbocycles. The van der Waals surface area contributed by atoms with Gasteiger partial charge in [-0.2, -0.15) is 0 Å². The van der Waals surface area contributed by atoms with Gasteiger partial charge in [-0.1, -0.05) is 6.42 Å². The van der Waals surface area contributed by atoms with Crippen LogP contribution >= 0.6 is 0 Å². The highest BCUT2D eigenvalue weighted by atomic mass is 16.5. The minimum absolute atomic E-state index is 0.00910. The SMILES string of the molecule is COC(=O)C1CCCC(C(C)(C)O)C1. The Balaban J connectivity index is 2.56. The average molecular weight is 200 g/mol. The van der Waals surface area contributed by atoms with E-state index in [4.69, 9.17) is 4.74 Å². The topological polar surface area (TPSA) is 46.5 Å². The molecule has 2 atom stereocenters. The lowest BCUT2D eigenvalue weighted by Gasteiger charge is -2.35. The molecule has 0 aromatic heterocycles. The maximum atomic E-state index is 11.3. The summed E-state index contributed by atoms with van der Waals surface area (Å²) >= 11 is 0. The fourth-order valence-corrected chi connectivity index (χ4v) is 2.21. The van der Waals surface area contributed by atoms with Gasteiger partial charge < -0.3 is 9.84 Å². The van der Waals surface area contributed by atoms with Gasteiger partial charge >= 0.3 is 5.97 Å². The van der Waals surface area contributed by atoms with E-state index in [1.807, 2.05) is 13.8 Å². The molecule has 0 aromatic rings. The Labute approximate surface area is 85.5 Å². The molecule has 0 bridgehead atoms. The normalized spacial score (nSPS) is 28.6. The number of esters is 1. The van der Waals surface area contributed by atoms with Gasteiger partial charge in [0.05, 0.1) is 18.6 Å². The lowest BCUT2D eigenvalue weighted by molar-refractivity contribution is -0.148. The van der Waals surface area contributed by atoms with Crippen molar-refractivity contribution in [1.29, 1.82) is 0 Å². The number of hydrogen-bond donors (Lipinski definition) is 1. The molecule has 14 heavy (non-hydrogen) atoms. The zero-order valence-corrected chi connectivity index (χ0v) is 9.25. The van der Waals surface area contributed by atoms with Crippen LogP contribution in [0.4, 0.5) is 0 Å². The van der Waals surface area contributed by atoms with Crippen molar-refractivity contribution in [2.24, 2.45) is 11.8 Å². The lowest BCUT2D eigenvalue weighted by Crippen LogP contribution is -2.36. The third-order valence-corrected chi connectivity index (χ3v) is 3.21. The zero-order valence-electron chi connectivity index (χ0n) is 9.25. The Morgan fingerprint density at radius 2 is 2.07 bits per heavy atom. The molecule has 0 aromatic carbocycles. The molecule has 3 nitrogen and oxygen atoms in total. The van der Waals surface area contributed by atoms with E-state index in [1.165, 1.54) is 7.11 Å². The van der Waals surface area contributed by atoms with E-state index >= 15 is 0 Å². The summed E-state index contributed by atoms with van der Waals surface area (Å²) in [6, 6.07) is 0. The maximum absolute atomic E-state index is 11.3. The Morgan fingerprint density at radius 1 is 1.43 bits per heavy atom. The summed E-state index contributed by atoms with van der Waals surface area (Å²) in [5.41, 5.74) is -0.674. The van der Waals surface area contributed by atoms with Gasteiger partial charge in [-0.15, -0.1) is 0 Å². The largest absolute Gasteiger partial charge is 0.469 e. The number of methoxy groups -OCH3 is 1. The van der Waals surface area contributed by atoms with E-state index in [9.17, 15) is 9.90 Å². The highest BCUT2D eigenvalue weighted by molar-refractivity contribution is 5.72. The molecule has 0 aliphatic heterocycles. The quantitative estimate of drug-likeness (QED) is 0.691. The smallest absolute Gasteiger partial charge is 0.308 e. The van der Waals surface area contributed by atoms with E-state index in [2.05, 4.69) is 0 Å². The van der Waals surface area contributed by atoms with E-state index < -0.39 is 5.60 Å². The van der Waals surface area contributed by atoms with Crippen LogP contribution in [0.25, 0.3) is 0 Å². The Hall–Kier alpha value is -0.570. The van der Waals surface area contributed by atoms with E-state index in [-0.39, 0.29) is 17.8 Å². The first kappa shape index (κ1) is 11.5. The second-order valence-corrected chi connectivity index (χ2v) is 4.74. The van der Waals surface area contributed by atoms with Crippen LogP contribution < -0.4 is 0 Å². The summed E-state index contributed by atoms with van der Waals surface area (Å²) in [7, 11) is 1.43. The second-order valence-electron chi connectivity index (χ2n) is 4.74. The van der Waals surface area contributed by atoms with E-state index in [0.29, 0.717) is 0 Å². The minimum atomic E-state index is -0.674. The highest BCUT2D eigenvalue weighted by Gasteiger charge is 2.35. The van der Waals surface area contributed by atoms with Gasteiger partial charge in [-0.3, -0.25) is 4.79 Å². The summed E-state index contributed by atoms with van der Waals surface area (Å²) in [6.45, 7) is 3.63. The Kier molecular flexibility index (Phi) is 3.53. The molecule has 1 aliphatic rings. The van der Waals surface area contributed by atoms with Crippen LogP contribution in [0.2, 0.25) is 0 Å². The van der Waals surface area contributed by atoms with Crippen LogP contribution in [0.15, 0.2) is 0 Å². The number of carbonyl (C=O) groups is 1. The fourth-order valence-electron chi connectivity index (χ4n) is 2.21. The molecular formula is C11H20O3. The summed E-state index contributed by atoms with van der Waals surface area (Å²) in [6.07, 6.45) is 3.68. The van der Waals surface area contributed by atoms with E-state index in [1.54, 1.807) is 0 Å². The first-order valence-corrected chi connectivity index (χ1v) is 5.25. The number of aliphatic hydroxyl groups is 1. The summed E-state index contributed by atoms with van der Waals surface area (Å²) < 4.78 is 4.73. The molecule has 0 heterocycles.